The Morgan fingerprint density at radius 3 is 2.80 bits per heavy atom. The van der Waals surface area contributed by atoms with Crippen molar-refractivity contribution in [3.63, 3.8) is 0 Å². The summed E-state index contributed by atoms with van der Waals surface area (Å²) in [5.41, 5.74) is 0.993. The predicted octanol–water partition coefficient (Wildman–Crippen LogP) is 2.65. The minimum absolute atomic E-state index is 0.558. The van der Waals surface area contributed by atoms with Crippen LogP contribution in [0.2, 0.25) is 5.02 Å². The van der Waals surface area contributed by atoms with Crippen LogP contribution >= 0.6 is 11.6 Å². The number of ether oxygens (including phenoxy) is 1. The molecule has 0 aliphatic carbocycles. The average Bonchev–Trinajstić information content (AvgIpc) is 2.22. The van der Waals surface area contributed by atoms with Crippen LogP contribution in [0.3, 0.4) is 0 Å². The van der Waals surface area contributed by atoms with Crippen LogP contribution in [0.15, 0.2) is 18.2 Å². The Kier molecular flexibility index (Phi) is 4.26. The SMILES string of the molecule is CCOc1ccc(CN(C)C#N)cc1Cl. The molecule has 3 nitrogen and oxygen atoms in total. The van der Waals surface area contributed by atoms with E-state index in [0.717, 1.165) is 5.56 Å². The fourth-order valence-electron chi connectivity index (χ4n) is 1.22. The van der Waals surface area contributed by atoms with Gasteiger partial charge in [0.25, 0.3) is 0 Å². The first kappa shape index (κ1) is 11.7. The molecule has 4 heteroatoms. The summed E-state index contributed by atoms with van der Waals surface area (Å²) >= 11 is 6.01. The standard InChI is InChI=1S/C11H13ClN2O/c1-3-15-11-5-4-9(6-10(11)12)7-14(2)8-13/h4-6H,3,7H2,1-2H3. The lowest BCUT2D eigenvalue weighted by Crippen LogP contribution is -2.10. The molecule has 0 saturated heterocycles. The molecule has 0 aliphatic rings. The average molecular weight is 225 g/mol. The minimum Gasteiger partial charge on any atom is -0.492 e. The monoisotopic (exact) mass is 224 g/mol. The van der Waals surface area contributed by atoms with Gasteiger partial charge in [-0.3, -0.25) is 0 Å². The van der Waals surface area contributed by atoms with Crippen molar-refractivity contribution >= 4 is 11.6 Å². The summed E-state index contributed by atoms with van der Waals surface area (Å²) < 4.78 is 5.31. The van der Waals surface area contributed by atoms with Gasteiger partial charge in [-0.25, -0.2) is 0 Å². The van der Waals surface area contributed by atoms with Crippen molar-refractivity contribution in [2.24, 2.45) is 0 Å². The molecule has 0 fully saturated rings. The van der Waals surface area contributed by atoms with Crippen LogP contribution < -0.4 is 4.74 Å². The van der Waals surface area contributed by atoms with Crippen molar-refractivity contribution in [1.82, 2.24) is 4.90 Å². The van der Waals surface area contributed by atoms with Gasteiger partial charge in [-0.05, 0) is 24.6 Å². The third-order valence-corrected chi connectivity index (χ3v) is 2.18. The number of halogens is 1. The molecule has 0 N–H and O–H groups in total. The van der Waals surface area contributed by atoms with Gasteiger partial charge in [-0.2, -0.15) is 5.26 Å². The Morgan fingerprint density at radius 1 is 1.53 bits per heavy atom. The summed E-state index contributed by atoms with van der Waals surface area (Å²) in [7, 11) is 1.73. The minimum atomic E-state index is 0.558. The van der Waals surface area contributed by atoms with Crippen LogP contribution in [0.4, 0.5) is 0 Å². The Hall–Kier alpha value is -1.40. The summed E-state index contributed by atoms with van der Waals surface area (Å²) in [6.45, 7) is 3.06. The maximum absolute atomic E-state index is 8.62. The van der Waals surface area contributed by atoms with E-state index in [-0.39, 0.29) is 0 Å². The Bertz CT molecular complexity index is 373. The lowest BCUT2D eigenvalue weighted by Gasteiger charge is -2.11. The van der Waals surface area contributed by atoms with E-state index in [1.54, 1.807) is 7.05 Å². The van der Waals surface area contributed by atoms with Gasteiger partial charge in [0, 0.05) is 7.05 Å². The van der Waals surface area contributed by atoms with Crippen LogP contribution in [-0.4, -0.2) is 18.6 Å². The van der Waals surface area contributed by atoms with Gasteiger partial charge < -0.3 is 9.64 Å². The molecular formula is C11H13ClN2O. The molecule has 1 aromatic carbocycles. The molecule has 0 bridgehead atoms. The summed E-state index contributed by atoms with van der Waals surface area (Å²) in [5, 5.41) is 9.21. The number of benzene rings is 1. The lowest BCUT2D eigenvalue weighted by molar-refractivity contribution is 0.340. The maximum Gasteiger partial charge on any atom is 0.179 e. The van der Waals surface area contributed by atoms with E-state index < -0.39 is 0 Å². The molecule has 80 valence electrons. The highest BCUT2D eigenvalue weighted by Gasteiger charge is 2.03. The molecule has 0 heterocycles. The van der Waals surface area contributed by atoms with E-state index in [9.17, 15) is 0 Å². The van der Waals surface area contributed by atoms with Gasteiger partial charge in [0.15, 0.2) is 6.19 Å². The van der Waals surface area contributed by atoms with Crippen LogP contribution in [0.5, 0.6) is 5.75 Å². The lowest BCUT2D eigenvalue weighted by atomic mass is 10.2. The highest BCUT2D eigenvalue weighted by molar-refractivity contribution is 6.32. The van der Waals surface area contributed by atoms with E-state index in [2.05, 4.69) is 0 Å². The van der Waals surface area contributed by atoms with Gasteiger partial charge in [-0.1, -0.05) is 17.7 Å². The first-order valence-corrected chi connectivity index (χ1v) is 5.07. The van der Waals surface area contributed by atoms with Crippen LogP contribution in [0.1, 0.15) is 12.5 Å². The normalized spacial score (nSPS) is 9.47. The predicted molar refractivity (Wildman–Crippen MR) is 59.7 cm³/mol. The van der Waals surface area contributed by atoms with Crippen molar-refractivity contribution in [3.8, 4) is 11.9 Å². The van der Waals surface area contributed by atoms with E-state index >= 15 is 0 Å². The van der Waals surface area contributed by atoms with Gasteiger partial charge in [0.1, 0.15) is 5.75 Å². The van der Waals surface area contributed by atoms with Crippen LogP contribution in [-0.2, 0) is 6.54 Å². The number of hydrogen-bond donors (Lipinski definition) is 0. The van der Waals surface area contributed by atoms with Crippen molar-refractivity contribution in [2.45, 2.75) is 13.5 Å². The fourth-order valence-corrected chi connectivity index (χ4v) is 1.48. The molecule has 0 aliphatic heterocycles. The molecule has 0 saturated carbocycles. The van der Waals surface area contributed by atoms with Crippen molar-refractivity contribution in [2.75, 3.05) is 13.7 Å². The quantitative estimate of drug-likeness (QED) is 0.583. The van der Waals surface area contributed by atoms with Gasteiger partial charge in [-0.15, -0.1) is 0 Å². The van der Waals surface area contributed by atoms with Gasteiger partial charge in [0.05, 0.1) is 18.2 Å². The second kappa shape index (κ2) is 5.47. The molecule has 1 rings (SSSR count). The van der Waals surface area contributed by atoms with Gasteiger partial charge >= 0.3 is 0 Å². The molecule has 0 amide bonds. The molecule has 0 radical (unpaired) electrons. The van der Waals surface area contributed by atoms with Crippen LogP contribution in [0.25, 0.3) is 0 Å². The Labute approximate surface area is 94.8 Å². The second-order valence-electron chi connectivity index (χ2n) is 3.15. The maximum atomic E-state index is 8.62. The zero-order chi connectivity index (χ0) is 11.3. The van der Waals surface area contributed by atoms with E-state index in [1.807, 2.05) is 31.3 Å². The fraction of sp³-hybridized carbons (Fsp3) is 0.364. The van der Waals surface area contributed by atoms with E-state index in [0.29, 0.717) is 23.9 Å². The van der Waals surface area contributed by atoms with Crippen molar-refractivity contribution in [3.05, 3.63) is 28.8 Å². The highest BCUT2D eigenvalue weighted by Crippen LogP contribution is 2.25. The number of hydrogen-bond acceptors (Lipinski definition) is 3. The molecule has 0 unspecified atom stereocenters. The zero-order valence-electron chi connectivity index (χ0n) is 8.83. The number of nitrogens with zero attached hydrogens (tertiary/aromatic N) is 2. The third kappa shape index (κ3) is 3.34. The molecule has 0 atom stereocenters. The largest absolute Gasteiger partial charge is 0.492 e. The first-order valence-electron chi connectivity index (χ1n) is 4.69. The Morgan fingerprint density at radius 2 is 2.27 bits per heavy atom. The topological polar surface area (TPSA) is 36.3 Å². The molecule has 0 aromatic heterocycles. The molecule has 1 aromatic rings. The first-order chi connectivity index (χ1) is 7.17. The van der Waals surface area contributed by atoms with Gasteiger partial charge in [0.2, 0.25) is 0 Å². The Balaban J connectivity index is 2.78. The van der Waals surface area contributed by atoms with Crippen molar-refractivity contribution in [1.29, 1.82) is 5.26 Å². The summed E-state index contributed by atoms with van der Waals surface area (Å²) in [6, 6.07) is 5.55. The highest BCUT2D eigenvalue weighted by atomic mass is 35.5. The summed E-state index contributed by atoms with van der Waals surface area (Å²) in [6.07, 6.45) is 2.03. The number of nitriles is 1. The molecule has 0 spiro atoms. The third-order valence-electron chi connectivity index (χ3n) is 1.89. The second-order valence-corrected chi connectivity index (χ2v) is 3.56. The van der Waals surface area contributed by atoms with Crippen molar-refractivity contribution < 1.29 is 4.74 Å². The summed E-state index contributed by atoms with van der Waals surface area (Å²) in [4.78, 5) is 1.53. The van der Waals surface area contributed by atoms with Crippen LogP contribution in [0, 0.1) is 11.5 Å². The smallest absolute Gasteiger partial charge is 0.179 e. The molecular weight excluding hydrogens is 212 g/mol. The molecule has 15 heavy (non-hydrogen) atoms. The number of rotatable bonds is 4. The van der Waals surface area contributed by atoms with E-state index in [1.165, 1.54) is 4.90 Å². The van der Waals surface area contributed by atoms with E-state index in [4.69, 9.17) is 21.6 Å². The summed E-state index contributed by atoms with van der Waals surface area (Å²) in [5.74, 6) is 0.683. The zero-order valence-corrected chi connectivity index (χ0v) is 9.58.